The predicted octanol–water partition coefficient (Wildman–Crippen LogP) is -10.7. The summed E-state index contributed by atoms with van der Waals surface area (Å²) in [7, 11) is 0. The standard InChI is InChI=1S/C47H78N16O19/c48-13-3-1-6-25(50)37(72)57-29(17-35(51)69)40(75)62-34(22-67)45(80)63-31(19-64)42(77)55-26(7-2-4-14-49)38(73)60-32(20-65)43(78)58-28(16-23-9-11-24(68)12-10-23)39(74)61-33(21-66)44(79)59-30(18-36(70)71)41(76)56-27(46(81)82)8-5-15-54-47(52)53/h9-12,25-34,64-68H,1-8,13-22,48-50H2,(H2,51,69)(H,55,77)(H,56,76)(H,57,72)(H,58,78)(H,59,79)(H,60,73)(H,61,74)(H,62,75)(H,63,80)(H,70,71)(H,81,82)(H4,52,53,54)/t25-,26-,27-,28-,29-,30-,31-,32-,33-,34-/m0/s1. The smallest absolute Gasteiger partial charge is 0.326 e. The Morgan fingerprint density at radius 3 is 1.21 bits per heavy atom. The molecule has 0 aliphatic carbocycles. The molecule has 28 N–H and O–H groups in total. The first-order chi connectivity index (χ1) is 38.7. The van der Waals surface area contributed by atoms with Crippen molar-refractivity contribution in [1.82, 2.24) is 47.9 Å². The van der Waals surface area contributed by atoms with Crippen molar-refractivity contribution >= 4 is 77.0 Å². The van der Waals surface area contributed by atoms with Crippen molar-refractivity contribution in [1.29, 1.82) is 0 Å². The number of hydrogen-bond donors (Lipinski definition) is 22. The molecular weight excluding hydrogens is 1090 g/mol. The third-order valence-electron chi connectivity index (χ3n) is 11.8. The van der Waals surface area contributed by atoms with Gasteiger partial charge in [-0.1, -0.05) is 18.6 Å². The fourth-order valence-electron chi connectivity index (χ4n) is 7.27. The molecular formula is C47H78N16O19. The number of carbonyl (C=O) groups is 12. The normalized spacial score (nSPS) is 14.6. The molecule has 0 bridgehead atoms. The van der Waals surface area contributed by atoms with Crippen molar-refractivity contribution in [2.24, 2.45) is 39.4 Å². The second-order valence-electron chi connectivity index (χ2n) is 18.4. The third-order valence-corrected chi connectivity index (χ3v) is 11.8. The summed E-state index contributed by atoms with van der Waals surface area (Å²) in [4.78, 5) is 160. The Bertz CT molecular complexity index is 2350. The van der Waals surface area contributed by atoms with Gasteiger partial charge >= 0.3 is 11.9 Å². The maximum atomic E-state index is 13.9. The summed E-state index contributed by atoms with van der Waals surface area (Å²) in [6.45, 7) is -4.25. The molecule has 0 aromatic heterocycles. The van der Waals surface area contributed by atoms with Crippen LogP contribution in [0.2, 0.25) is 0 Å². The van der Waals surface area contributed by atoms with E-state index in [2.05, 4.69) is 47.5 Å². The number of carboxylic acids is 2. The Labute approximate surface area is 469 Å². The number of amides is 10. The first-order valence-electron chi connectivity index (χ1n) is 25.6. The zero-order valence-electron chi connectivity index (χ0n) is 44.8. The van der Waals surface area contributed by atoms with Gasteiger partial charge in [-0.2, -0.15) is 0 Å². The minimum absolute atomic E-state index is 0.0305. The van der Waals surface area contributed by atoms with Crippen LogP contribution < -0.4 is 82.3 Å². The lowest BCUT2D eigenvalue weighted by atomic mass is 10.0. The Kier molecular flexibility index (Phi) is 33.5. The molecule has 1 aromatic rings. The van der Waals surface area contributed by atoms with Crippen molar-refractivity contribution in [3.8, 4) is 5.75 Å². The van der Waals surface area contributed by atoms with Crippen LogP contribution in [-0.2, 0) is 64.0 Å². The molecule has 82 heavy (non-hydrogen) atoms. The Morgan fingerprint density at radius 1 is 0.439 bits per heavy atom. The van der Waals surface area contributed by atoms with E-state index >= 15 is 0 Å². The summed E-state index contributed by atoms with van der Waals surface area (Å²) in [6.07, 6.45) is -1.15. The van der Waals surface area contributed by atoms with Crippen molar-refractivity contribution in [3.05, 3.63) is 29.8 Å². The topological polar surface area (TPSA) is 623 Å². The van der Waals surface area contributed by atoms with E-state index in [1.807, 2.05) is 5.32 Å². The number of aliphatic imine (C=N–C) groups is 1. The van der Waals surface area contributed by atoms with Crippen LogP contribution in [0.4, 0.5) is 0 Å². The van der Waals surface area contributed by atoms with Gasteiger partial charge < -0.3 is 118 Å². The zero-order valence-corrected chi connectivity index (χ0v) is 44.8. The molecule has 1 aromatic carbocycles. The van der Waals surface area contributed by atoms with Crippen LogP contribution in [0.1, 0.15) is 69.8 Å². The Balaban J connectivity index is 3.36. The summed E-state index contributed by atoms with van der Waals surface area (Å²) in [5.74, 6) is -15.6. The van der Waals surface area contributed by atoms with Crippen LogP contribution in [0.25, 0.3) is 0 Å². The van der Waals surface area contributed by atoms with Gasteiger partial charge in [0.1, 0.15) is 60.1 Å². The fourth-order valence-corrected chi connectivity index (χ4v) is 7.27. The molecule has 0 aliphatic rings. The number of phenols is 1. The summed E-state index contributed by atoms with van der Waals surface area (Å²) in [6, 6.07) is -12.4. The minimum Gasteiger partial charge on any atom is -0.508 e. The highest BCUT2D eigenvalue weighted by Gasteiger charge is 2.36. The molecule has 10 atom stereocenters. The van der Waals surface area contributed by atoms with Crippen LogP contribution in [0.15, 0.2) is 29.3 Å². The number of aliphatic carboxylic acids is 2. The number of primary amides is 1. The highest BCUT2D eigenvalue weighted by atomic mass is 16.4. The van der Waals surface area contributed by atoms with E-state index in [4.69, 9.17) is 34.4 Å². The van der Waals surface area contributed by atoms with E-state index in [0.717, 1.165) is 0 Å². The predicted molar refractivity (Wildman–Crippen MR) is 285 cm³/mol. The lowest BCUT2D eigenvalue weighted by Crippen LogP contribution is -2.62. The average Bonchev–Trinajstić information content (AvgIpc) is 3.48. The number of carbonyl (C=O) groups excluding carboxylic acids is 10. The fraction of sp³-hybridized carbons (Fsp3) is 0.596. The molecule has 0 radical (unpaired) electrons. The largest absolute Gasteiger partial charge is 0.508 e. The van der Waals surface area contributed by atoms with Crippen molar-refractivity contribution < 1.29 is 93.3 Å². The molecule has 0 fully saturated rings. The van der Waals surface area contributed by atoms with Gasteiger partial charge in [-0.15, -0.1) is 0 Å². The van der Waals surface area contributed by atoms with E-state index < -0.39 is 177 Å². The van der Waals surface area contributed by atoms with E-state index in [9.17, 15) is 93.3 Å². The van der Waals surface area contributed by atoms with E-state index in [0.29, 0.717) is 19.4 Å². The number of nitrogens with one attached hydrogen (secondary N) is 9. The molecule has 0 heterocycles. The number of hydrogen-bond acceptors (Lipinski definition) is 21. The van der Waals surface area contributed by atoms with Gasteiger partial charge in [-0.05, 0) is 75.7 Å². The van der Waals surface area contributed by atoms with Gasteiger partial charge in [0.15, 0.2) is 5.96 Å². The number of rotatable bonds is 41. The first-order valence-corrected chi connectivity index (χ1v) is 25.6. The van der Waals surface area contributed by atoms with Crippen molar-refractivity contribution in [2.45, 2.75) is 131 Å². The number of nitrogens with two attached hydrogens (primary N) is 6. The number of aliphatic hydroxyl groups is 4. The van der Waals surface area contributed by atoms with Gasteiger partial charge in [-0.25, -0.2) is 4.79 Å². The number of guanidine groups is 1. The van der Waals surface area contributed by atoms with Gasteiger partial charge in [0.2, 0.25) is 59.1 Å². The monoisotopic (exact) mass is 1170 g/mol. The van der Waals surface area contributed by atoms with Gasteiger partial charge in [0.05, 0.1) is 45.3 Å². The number of benzene rings is 1. The number of carboxylic acid groups (broad SMARTS) is 2. The molecule has 0 spiro atoms. The maximum Gasteiger partial charge on any atom is 0.326 e. The number of aromatic hydroxyl groups is 1. The molecule has 460 valence electrons. The van der Waals surface area contributed by atoms with E-state index in [1.54, 1.807) is 0 Å². The SMILES string of the molecule is NCCCC[C@H](NC(=O)[C@H](CO)NC(=O)[C@H](CO)NC(=O)[C@H](CC(N)=O)NC(=O)[C@@H](N)CCCCN)C(=O)N[C@@H](CO)C(=O)N[C@@H](Cc1ccc(O)cc1)C(=O)N[C@@H](CO)C(=O)N[C@@H](CC(=O)O)C(=O)N[C@@H](CCCN=C(N)N)C(=O)O. The van der Waals surface area contributed by atoms with Crippen LogP contribution in [0.3, 0.4) is 0 Å². The van der Waals surface area contributed by atoms with E-state index in [-0.39, 0.29) is 68.9 Å². The van der Waals surface area contributed by atoms with Gasteiger partial charge in [0.25, 0.3) is 0 Å². The van der Waals surface area contributed by atoms with Gasteiger partial charge in [-0.3, -0.25) is 57.7 Å². The number of unbranched alkanes of at least 4 members (excludes halogenated alkanes) is 2. The number of phenolic OH excluding ortho intramolecular Hbond substituents is 1. The van der Waals surface area contributed by atoms with E-state index in [1.165, 1.54) is 24.3 Å². The van der Waals surface area contributed by atoms with Crippen LogP contribution >= 0.6 is 0 Å². The molecule has 0 unspecified atom stereocenters. The maximum absolute atomic E-state index is 13.9. The summed E-state index contributed by atoms with van der Waals surface area (Å²) in [5, 5.41) is 89.3. The van der Waals surface area contributed by atoms with Crippen LogP contribution in [0.5, 0.6) is 5.75 Å². The van der Waals surface area contributed by atoms with Gasteiger partial charge in [0, 0.05) is 13.0 Å². The molecule has 35 heteroatoms. The summed E-state index contributed by atoms with van der Waals surface area (Å²) < 4.78 is 0. The minimum atomic E-state index is -1.99. The molecule has 10 amide bonds. The Hall–Kier alpha value is -8.35. The lowest BCUT2D eigenvalue weighted by Gasteiger charge is -2.27. The molecule has 0 saturated carbocycles. The molecule has 1 rings (SSSR count). The second-order valence-corrected chi connectivity index (χ2v) is 18.4. The second kappa shape index (κ2) is 38.3. The highest BCUT2D eigenvalue weighted by Crippen LogP contribution is 2.13. The van der Waals surface area contributed by atoms with Crippen molar-refractivity contribution in [2.75, 3.05) is 46.1 Å². The highest BCUT2D eigenvalue weighted by molar-refractivity contribution is 5.99. The molecule has 35 nitrogen and oxygen atoms in total. The quantitative estimate of drug-likeness (QED) is 0.0164. The van der Waals surface area contributed by atoms with Crippen molar-refractivity contribution in [3.63, 3.8) is 0 Å². The lowest BCUT2D eigenvalue weighted by molar-refractivity contribution is -0.144. The zero-order chi connectivity index (χ0) is 62.1. The molecule has 0 saturated heterocycles. The summed E-state index contributed by atoms with van der Waals surface area (Å²) >= 11 is 0. The number of nitrogens with zero attached hydrogens (tertiary/aromatic N) is 1. The first kappa shape index (κ1) is 71.7. The Morgan fingerprint density at radius 2 is 0.793 bits per heavy atom. The van der Waals surface area contributed by atoms with Crippen LogP contribution in [-0.4, -0.2) is 219 Å². The van der Waals surface area contributed by atoms with Crippen LogP contribution in [0, 0.1) is 0 Å². The third kappa shape index (κ3) is 27.2. The molecule has 0 aliphatic heterocycles. The number of aliphatic hydroxyl groups excluding tert-OH is 4. The average molecular weight is 1170 g/mol. The summed E-state index contributed by atoms with van der Waals surface area (Å²) in [5.41, 5.74) is 33.0.